The molecule has 2 aromatic rings. The van der Waals surface area contributed by atoms with Gasteiger partial charge in [0.25, 0.3) is 0 Å². The summed E-state index contributed by atoms with van der Waals surface area (Å²) in [6.45, 7) is 12.1. The van der Waals surface area contributed by atoms with Crippen molar-refractivity contribution < 1.29 is 28.5 Å². The fourth-order valence-corrected chi connectivity index (χ4v) is 7.72. The van der Waals surface area contributed by atoms with Crippen molar-refractivity contribution in [2.75, 3.05) is 13.7 Å². The lowest BCUT2D eigenvalue weighted by Gasteiger charge is -2.35. The van der Waals surface area contributed by atoms with Gasteiger partial charge in [-0.05, 0) is 60.2 Å². The van der Waals surface area contributed by atoms with Crippen molar-refractivity contribution in [2.24, 2.45) is 5.92 Å². The first kappa shape index (κ1) is 34.2. The SMILES string of the molecule is CC[Si](CC)(CC)O[C@@H](CCOCc1ccccc1)C[C@@H](CC(=O)C[C@@H](O)C(C)C)OCc1ccc(OC)cc1. The zero-order valence-electron chi connectivity index (χ0n) is 25.6. The fourth-order valence-electron chi connectivity index (χ4n) is 4.80. The van der Waals surface area contributed by atoms with Crippen LogP contribution in [-0.2, 0) is 31.9 Å². The van der Waals surface area contributed by atoms with Crippen LogP contribution in [0.5, 0.6) is 5.75 Å². The molecule has 0 aromatic heterocycles. The highest BCUT2D eigenvalue weighted by molar-refractivity contribution is 6.73. The molecule has 0 spiro atoms. The fraction of sp³-hybridized carbons (Fsp3) is 0.606. The molecule has 224 valence electrons. The number of carbonyl (C=O) groups is 1. The van der Waals surface area contributed by atoms with Gasteiger partial charge in [0, 0.05) is 25.6 Å². The molecule has 40 heavy (non-hydrogen) atoms. The van der Waals surface area contributed by atoms with Gasteiger partial charge in [-0.1, -0.05) is 77.1 Å². The standard InChI is InChI=1S/C33H52O6Si/c1-7-40(8-2,9-3)39-31(19-20-37-24-27-13-11-10-12-14-27)23-32(21-29(34)22-33(35)26(4)5)38-25-28-15-17-30(36-6)18-16-28/h10-18,26,31-33,35H,7-9,19-25H2,1-6H3/t31-,32+,33+/m0/s1. The van der Waals surface area contributed by atoms with Gasteiger partial charge in [0.05, 0.1) is 32.5 Å². The molecule has 0 unspecified atom stereocenters. The van der Waals surface area contributed by atoms with Crippen LogP contribution in [0.1, 0.15) is 71.4 Å². The van der Waals surface area contributed by atoms with Crippen molar-refractivity contribution >= 4 is 14.1 Å². The molecule has 0 heterocycles. The Morgan fingerprint density at radius 2 is 1.48 bits per heavy atom. The molecule has 0 radical (unpaired) electrons. The zero-order valence-corrected chi connectivity index (χ0v) is 26.6. The normalized spacial score (nSPS) is 14.2. The summed E-state index contributed by atoms with van der Waals surface area (Å²) in [5, 5.41) is 10.3. The summed E-state index contributed by atoms with van der Waals surface area (Å²) in [5.74, 6) is 0.845. The maximum Gasteiger partial charge on any atom is 0.192 e. The van der Waals surface area contributed by atoms with Gasteiger partial charge in [0.15, 0.2) is 8.32 Å². The van der Waals surface area contributed by atoms with Crippen molar-refractivity contribution in [1.29, 1.82) is 0 Å². The molecule has 0 aliphatic carbocycles. The molecule has 0 bridgehead atoms. The van der Waals surface area contributed by atoms with Crippen LogP contribution < -0.4 is 4.74 Å². The number of ketones is 1. The van der Waals surface area contributed by atoms with Gasteiger partial charge >= 0.3 is 0 Å². The molecule has 0 aliphatic heterocycles. The Kier molecular flexibility index (Phi) is 15.7. The van der Waals surface area contributed by atoms with Crippen LogP contribution in [0.4, 0.5) is 0 Å². The maximum absolute atomic E-state index is 13.0. The lowest BCUT2D eigenvalue weighted by molar-refractivity contribution is -0.125. The lowest BCUT2D eigenvalue weighted by Crippen LogP contribution is -2.41. The quantitative estimate of drug-likeness (QED) is 0.125. The van der Waals surface area contributed by atoms with E-state index in [1.807, 2.05) is 56.3 Å². The van der Waals surface area contributed by atoms with Gasteiger partial charge in [0.1, 0.15) is 11.5 Å². The van der Waals surface area contributed by atoms with Crippen LogP contribution in [0.2, 0.25) is 18.1 Å². The van der Waals surface area contributed by atoms with E-state index in [9.17, 15) is 9.90 Å². The second-order valence-electron chi connectivity index (χ2n) is 11.1. The van der Waals surface area contributed by atoms with Gasteiger partial charge in [-0.25, -0.2) is 0 Å². The summed E-state index contributed by atoms with van der Waals surface area (Å²) in [5.41, 5.74) is 2.16. The summed E-state index contributed by atoms with van der Waals surface area (Å²) < 4.78 is 24.7. The third kappa shape index (κ3) is 12.2. The van der Waals surface area contributed by atoms with Crippen LogP contribution in [0.3, 0.4) is 0 Å². The summed E-state index contributed by atoms with van der Waals surface area (Å²) in [7, 11) is -0.252. The van der Waals surface area contributed by atoms with Crippen LogP contribution in [-0.4, -0.2) is 51.2 Å². The molecule has 7 heteroatoms. The van der Waals surface area contributed by atoms with E-state index in [-0.39, 0.29) is 36.8 Å². The van der Waals surface area contributed by atoms with Gasteiger partial charge < -0.3 is 23.7 Å². The highest BCUT2D eigenvalue weighted by Gasteiger charge is 2.33. The predicted molar refractivity (Wildman–Crippen MR) is 164 cm³/mol. The Labute approximate surface area is 243 Å². The van der Waals surface area contributed by atoms with E-state index in [1.165, 1.54) is 0 Å². The second kappa shape index (κ2) is 18.4. The molecule has 0 amide bonds. The highest BCUT2D eigenvalue weighted by Crippen LogP contribution is 2.28. The van der Waals surface area contributed by atoms with Crippen LogP contribution in [0.25, 0.3) is 0 Å². The number of hydrogen-bond acceptors (Lipinski definition) is 6. The average Bonchev–Trinajstić information content (AvgIpc) is 2.97. The van der Waals surface area contributed by atoms with Gasteiger partial charge in [0.2, 0.25) is 0 Å². The predicted octanol–water partition coefficient (Wildman–Crippen LogP) is 7.33. The number of aliphatic hydroxyl groups excluding tert-OH is 1. The summed E-state index contributed by atoms with van der Waals surface area (Å²) in [4.78, 5) is 13.0. The summed E-state index contributed by atoms with van der Waals surface area (Å²) in [6.07, 6.45) is 0.730. The van der Waals surface area contributed by atoms with Crippen LogP contribution in [0, 0.1) is 5.92 Å². The first-order chi connectivity index (χ1) is 19.2. The minimum atomic E-state index is -1.90. The van der Waals surface area contributed by atoms with Crippen molar-refractivity contribution in [3.05, 3.63) is 65.7 Å². The van der Waals surface area contributed by atoms with Crippen molar-refractivity contribution in [3.8, 4) is 5.75 Å². The third-order valence-corrected chi connectivity index (χ3v) is 12.6. The minimum Gasteiger partial charge on any atom is -0.497 e. The minimum absolute atomic E-state index is 0.0185. The molecule has 0 saturated carbocycles. The van der Waals surface area contributed by atoms with E-state index in [2.05, 4.69) is 32.9 Å². The summed E-state index contributed by atoms with van der Waals surface area (Å²) in [6, 6.07) is 21.1. The van der Waals surface area contributed by atoms with E-state index in [4.69, 9.17) is 18.6 Å². The Hall–Kier alpha value is -2.03. The Balaban J connectivity index is 2.15. The molecule has 0 aliphatic rings. The van der Waals surface area contributed by atoms with E-state index >= 15 is 0 Å². The van der Waals surface area contributed by atoms with E-state index in [1.54, 1.807) is 7.11 Å². The smallest absolute Gasteiger partial charge is 0.192 e. The van der Waals surface area contributed by atoms with Gasteiger partial charge in [-0.2, -0.15) is 0 Å². The highest BCUT2D eigenvalue weighted by atomic mass is 28.4. The monoisotopic (exact) mass is 572 g/mol. The zero-order chi connectivity index (χ0) is 29.4. The van der Waals surface area contributed by atoms with Crippen molar-refractivity contribution in [3.63, 3.8) is 0 Å². The Morgan fingerprint density at radius 3 is 2.05 bits per heavy atom. The first-order valence-corrected chi connectivity index (χ1v) is 17.5. The largest absolute Gasteiger partial charge is 0.497 e. The number of Topliss-reactive ketones (excluding diaryl/α,β-unsaturated/α-hetero) is 1. The van der Waals surface area contributed by atoms with Crippen molar-refractivity contribution in [1.82, 2.24) is 0 Å². The molecule has 0 saturated heterocycles. The molecule has 1 N–H and O–H groups in total. The third-order valence-electron chi connectivity index (χ3n) is 7.88. The number of rotatable bonds is 21. The lowest BCUT2D eigenvalue weighted by atomic mass is 9.97. The number of benzene rings is 2. The molecular formula is C33H52O6Si. The molecular weight excluding hydrogens is 520 g/mol. The molecule has 3 atom stereocenters. The number of ether oxygens (including phenoxy) is 3. The number of hydrogen-bond donors (Lipinski definition) is 1. The number of methoxy groups -OCH3 is 1. The van der Waals surface area contributed by atoms with Crippen molar-refractivity contribution in [2.45, 2.75) is 110 Å². The first-order valence-electron chi connectivity index (χ1n) is 15.0. The molecule has 6 nitrogen and oxygen atoms in total. The molecule has 0 fully saturated rings. The van der Waals surface area contributed by atoms with E-state index in [0.29, 0.717) is 26.2 Å². The molecule has 2 rings (SSSR count). The van der Waals surface area contributed by atoms with Gasteiger partial charge in [-0.15, -0.1) is 0 Å². The number of aliphatic hydroxyl groups is 1. The summed E-state index contributed by atoms with van der Waals surface area (Å²) >= 11 is 0. The van der Waals surface area contributed by atoms with Gasteiger partial charge in [-0.3, -0.25) is 4.79 Å². The topological polar surface area (TPSA) is 74.2 Å². The van der Waals surface area contributed by atoms with E-state index in [0.717, 1.165) is 41.4 Å². The molecule has 2 aromatic carbocycles. The second-order valence-corrected chi connectivity index (χ2v) is 15.8. The number of carbonyl (C=O) groups excluding carboxylic acids is 1. The Bertz CT molecular complexity index is 937. The van der Waals surface area contributed by atoms with Crippen LogP contribution in [0.15, 0.2) is 54.6 Å². The Morgan fingerprint density at radius 1 is 0.850 bits per heavy atom. The average molecular weight is 573 g/mol. The van der Waals surface area contributed by atoms with E-state index < -0.39 is 14.4 Å². The maximum atomic E-state index is 13.0. The van der Waals surface area contributed by atoms with Crippen LogP contribution >= 0.6 is 0 Å².